The molecule has 1 fully saturated rings. The quantitative estimate of drug-likeness (QED) is 0.768. The predicted molar refractivity (Wildman–Crippen MR) is 103 cm³/mol. The van der Waals surface area contributed by atoms with Crippen LogP contribution in [-0.4, -0.2) is 57.3 Å². The van der Waals surface area contributed by atoms with Crippen molar-refractivity contribution in [2.45, 2.75) is 38.4 Å². The molecule has 4 heterocycles. The van der Waals surface area contributed by atoms with E-state index in [-0.39, 0.29) is 11.9 Å². The van der Waals surface area contributed by atoms with Crippen LogP contribution in [0.2, 0.25) is 5.02 Å². The number of hydrogen-bond acceptors (Lipinski definition) is 7. The van der Waals surface area contributed by atoms with Crippen molar-refractivity contribution < 1.29 is 14.3 Å². The maximum Gasteiger partial charge on any atom is 0.256 e. The fourth-order valence-electron chi connectivity index (χ4n) is 3.39. The number of nitrogens with one attached hydrogen (secondary N) is 1. The molecule has 2 aliphatic heterocycles. The van der Waals surface area contributed by atoms with Gasteiger partial charge in [0.15, 0.2) is 0 Å². The molecule has 1 amide bonds. The van der Waals surface area contributed by atoms with Gasteiger partial charge in [0.25, 0.3) is 5.91 Å². The van der Waals surface area contributed by atoms with E-state index in [0.29, 0.717) is 53.2 Å². The maximum atomic E-state index is 12.6. The standard InChI is InChI=1S/C19H20ClN5O3/c1-11(10-26)25-9-16-14(18(25)27)6-12(7-21-16)17-15(20)8-22-19(24-17)23-13-2-4-28-5-3-13/h6-8,10-11,13H,2-5,9H2,1H3,(H,22,23,24)/t11-/m1/s1. The summed E-state index contributed by atoms with van der Waals surface area (Å²) in [5, 5.41) is 3.69. The van der Waals surface area contributed by atoms with Gasteiger partial charge in [-0.3, -0.25) is 9.78 Å². The van der Waals surface area contributed by atoms with Crippen LogP contribution in [0, 0.1) is 0 Å². The lowest BCUT2D eigenvalue weighted by Gasteiger charge is -2.23. The summed E-state index contributed by atoms with van der Waals surface area (Å²) in [4.78, 5) is 38.4. The van der Waals surface area contributed by atoms with Crippen molar-refractivity contribution in [1.82, 2.24) is 19.9 Å². The van der Waals surface area contributed by atoms with Gasteiger partial charge in [-0.2, -0.15) is 0 Å². The molecule has 1 N–H and O–H groups in total. The van der Waals surface area contributed by atoms with E-state index >= 15 is 0 Å². The van der Waals surface area contributed by atoms with Crippen molar-refractivity contribution >= 4 is 29.7 Å². The first kappa shape index (κ1) is 18.8. The van der Waals surface area contributed by atoms with Crippen molar-refractivity contribution in [2.24, 2.45) is 0 Å². The van der Waals surface area contributed by atoms with Gasteiger partial charge in [-0.25, -0.2) is 9.97 Å². The zero-order chi connectivity index (χ0) is 19.7. The fourth-order valence-corrected chi connectivity index (χ4v) is 3.59. The monoisotopic (exact) mass is 401 g/mol. The highest BCUT2D eigenvalue weighted by Crippen LogP contribution is 2.30. The van der Waals surface area contributed by atoms with Crippen molar-refractivity contribution in [3.63, 3.8) is 0 Å². The fraction of sp³-hybridized carbons (Fsp3) is 0.421. The molecular weight excluding hydrogens is 382 g/mol. The molecule has 4 rings (SSSR count). The summed E-state index contributed by atoms with van der Waals surface area (Å²) in [7, 11) is 0. The molecule has 0 aromatic carbocycles. The number of amides is 1. The van der Waals surface area contributed by atoms with Crippen LogP contribution in [0.4, 0.5) is 5.95 Å². The minimum absolute atomic E-state index is 0.213. The van der Waals surface area contributed by atoms with Crippen molar-refractivity contribution in [3.8, 4) is 11.3 Å². The second kappa shape index (κ2) is 7.81. The topological polar surface area (TPSA) is 97.3 Å². The van der Waals surface area contributed by atoms with Crippen molar-refractivity contribution in [3.05, 3.63) is 34.7 Å². The normalized spacial score (nSPS) is 18.1. The molecule has 146 valence electrons. The van der Waals surface area contributed by atoms with Gasteiger partial charge in [-0.15, -0.1) is 0 Å². The smallest absolute Gasteiger partial charge is 0.256 e. The lowest BCUT2D eigenvalue weighted by Crippen LogP contribution is -2.34. The highest BCUT2D eigenvalue weighted by molar-refractivity contribution is 6.32. The molecule has 1 atom stereocenters. The number of hydrogen-bond donors (Lipinski definition) is 1. The number of rotatable bonds is 5. The van der Waals surface area contributed by atoms with E-state index in [0.717, 1.165) is 19.1 Å². The Hall–Kier alpha value is -2.58. The number of aldehydes is 1. The molecule has 28 heavy (non-hydrogen) atoms. The zero-order valence-corrected chi connectivity index (χ0v) is 16.1. The van der Waals surface area contributed by atoms with Gasteiger partial charge in [0.05, 0.1) is 40.8 Å². The second-order valence-corrected chi connectivity index (χ2v) is 7.36. The van der Waals surface area contributed by atoms with E-state index < -0.39 is 6.04 Å². The average Bonchev–Trinajstić information content (AvgIpc) is 3.05. The molecule has 0 saturated carbocycles. The minimum atomic E-state index is -0.497. The van der Waals surface area contributed by atoms with Crippen LogP contribution in [0.5, 0.6) is 0 Å². The predicted octanol–water partition coefficient (Wildman–Crippen LogP) is 2.33. The van der Waals surface area contributed by atoms with Crippen molar-refractivity contribution in [1.29, 1.82) is 0 Å². The third-order valence-corrected chi connectivity index (χ3v) is 5.32. The number of nitrogens with zero attached hydrogens (tertiary/aromatic N) is 4. The molecule has 2 aromatic rings. The lowest BCUT2D eigenvalue weighted by molar-refractivity contribution is -0.111. The van der Waals surface area contributed by atoms with Crippen LogP contribution >= 0.6 is 11.6 Å². The van der Waals surface area contributed by atoms with E-state index in [4.69, 9.17) is 16.3 Å². The second-order valence-electron chi connectivity index (χ2n) is 6.95. The van der Waals surface area contributed by atoms with Crippen LogP contribution in [0.1, 0.15) is 35.8 Å². The van der Waals surface area contributed by atoms with Gasteiger partial charge in [-0.05, 0) is 25.8 Å². The average molecular weight is 402 g/mol. The first-order chi connectivity index (χ1) is 13.6. The largest absolute Gasteiger partial charge is 0.381 e. The molecule has 0 unspecified atom stereocenters. The summed E-state index contributed by atoms with van der Waals surface area (Å²) in [6.45, 7) is 3.44. The first-order valence-corrected chi connectivity index (χ1v) is 9.57. The molecule has 9 heteroatoms. The molecule has 0 bridgehead atoms. The van der Waals surface area contributed by atoms with Gasteiger partial charge >= 0.3 is 0 Å². The van der Waals surface area contributed by atoms with E-state index in [1.54, 1.807) is 25.4 Å². The Balaban J connectivity index is 1.61. The summed E-state index contributed by atoms with van der Waals surface area (Å²) in [6, 6.07) is 1.48. The number of fused-ring (bicyclic) bond motifs is 1. The molecule has 2 aromatic heterocycles. The highest BCUT2D eigenvalue weighted by Gasteiger charge is 2.32. The number of pyridine rings is 1. The van der Waals surface area contributed by atoms with Gasteiger partial charge in [-0.1, -0.05) is 11.6 Å². The van der Waals surface area contributed by atoms with Crippen LogP contribution in [-0.2, 0) is 16.1 Å². The van der Waals surface area contributed by atoms with Crippen LogP contribution in [0.25, 0.3) is 11.3 Å². The molecule has 1 saturated heterocycles. The van der Waals surface area contributed by atoms with E-state index in [1.807, 2.05) is 0 Å². The molecule has 0 aliphatic carbocycles. The van der Waals surface area contributed by atoms with Gasteiger partial charge < -0.3 is 19.7 Å². The minimum Gasteiger partial charge on any atom is -0.381 e. The Kier molecular flexibility index (Phi) is 5.23. The van der Waals surface area contributed by atoms with E-state index in [2.05, 4.69) is 20.3 Å². The van der Waals surface area contributed by atoms with E-state index in [1.165, 1.54) is 4.90 Å². The summed E-state index contributed by atoms with van der Waals surface area (Å²) in [6.07, 6.45) is 5.72. The number of halogens is 1. The molecule has 2 aliphatic rings. The third-order valence-electron chi connectivity index (χ3n) is 5.04. The molecule has 0 spiro atoms. The number of aromatic nitrogens is 3. The zero-order valence-electron chi connectivity index (χ0n) is 15.4. The maximum absolute atomic E-state index is 12.6. The van der Waals surface area contributed by atoms with Crippen LogP contribution < -0.4 is 5.32 Å². The Labute approximate surface area is 167 Å². The summed E-state index contributed by atoms with van der Waals surface area (Å²) < 4.78 is 5.37. The van der Waals surface area contributed by atoms with Crippen molar-refractivity contribution in [2.75, 3.05) is 18.5 Å². The molecular formula is C19H20ClN5O3. The third kappa shape index (κ3) is 3.57. The summed E-state index contributed by atoms with van der Waals surface area (Å²) in [5.74, 6) is 0.268. The van der Waals surface area contributed by atoms with Gasteiger partial charge in [0, 0.05) is 31.0 Å². The Morgan fingerprint density at radius 2 is 2.11 bits per heavy atom. The lowest BCUT2D eigenvalue weighted by atomic mass is 10.1. The Bertz CT molecular complexity index is 916. The van der Waals surface area contributed by atoms with Crippen LogP contribution in [0.15, 0.2) is 18.5 Å². The SMILES string of the molecule is C[C@H](C=O)N1Cc2ncc(-c3nc(NC4CCOCC4)ncc3Cl)cc2C1=O. The number of carbonyl (C=O) groups excluding carboxylic acids is 2. The highest BCUT2D eigenvalue weighted by atomic mass is 35.5. The van der Waals surface area contributed by atoms with Gasteiger partial charge in [0.1, 0.15) is 6.29 Å². The first-order valence-electron chi connectivity index (χ1n) is 9.19. The summed E-state index contributed by atoms with van der Waals surface area (Å²) >= 11 is 6.32. The number of ether oxygens (including phenoxy) is 1. The molecule has 8 nitrogen and oxygen atoms in total. The molecule has 0 radical (unpaired) electrons. The number of carbonyl (C=O) groups is 2. The Morgan fingerprint density at radius 3 is 2.86 bits per heavy atom. The van der Waals surface area contributed by atoms with E-state index in [9.17, 15) is 9.59 Å². The van der Waals surface area contributed by atoms with Crippen LogP contribution in [0.3, 0.4) is 0 Å². The summed E-state index contributed by atoms with van der Waals surface area (Å²) in [5.41, 5.74) is 2.26. The number of anilines is 1. The van der Waals surface area contributed by atoms with Gasteiger partial charge in [0.2, 0.25) is 5.95 Å². The Morgan fingerprint density at radius 1 is 1.32 bits per heavy atom.